The molecule has 0 spiro atoms. The third-order valence-electron chi connectivity index (χ3n) is 0.753. The van der Waals surface area contributed by atoms with Gasteiger partial charge in [-0.3, -0.25) is 0 Å². The lowest BCUT2D eigenvalue weighted by Crippen LogP contribution is -1.79. The van der Waals surface area contributed by atoms with Crippen molar-refractivity contribution in [1.82, 2.24) is 0 Å². The Morgan fingerprint density at radius 3 is 1.15 bits per heavy atom. The third-order valence-corrected chi connectivity index (χ3v) is 2.86. The lowest BCUT2D eigenvalue weighted by atomic mass is 11.0. The summed E-state index contributed by atoms with van der Waals surface area (Å²) in [5, 5.41) is 0. The molecule has 0 amide bonds. The number of hydrogen-bond donors (Lipinski definition) is 3. The monoisotopic (exact) mass is 249 g/mol. The van der Waals surface area contributed by atoms with Crippen molar-refractivity contribution in [2.75, 3.05) is 18.5 Å². The minimum atomic E-state index is -2.23. The molecular weight excluding hydrogens is 237 g/mol. The van der Waals surface area contributed by atoms with Crippen LogP contribution in [0.25, 0.3) is 0 Å². The van der Waals surface area contributed by atoms with E-state index in [1.54, 1.807) is 6.92 Å². The van der Waals surface area contributed by atoms with Gasteiger partial charge >= 0.3 is 24.1 Å². The van der Waals surface area contributed by atoms with Gasteiger partial charge in [0.2, 0.25) is 12.3 Å². The van der Waals surface area contributed by atoms with E-state index in [0.29, 0.717) is 6.16 Å². The van der Waals surface area contributed by atoms with Crippen LogP contribution < -0.4 is 0 Å². The van der Waals surface area contributed by atoms with Crippen LogP contribution in [-0.2, 0) is 13.7 Å². The van der Waals surface area contributed by atoms with Crippen LogP contribution in [0.4, 0.5) is 0 Å². The predicted molar refractivity (Wildman–Crippen MR) is 49.8 cm³/mol. The van der Waals surface area contributed by atoms with Gasteiger partial charge in [0.25, 0.3) is 0 Å². The zero-order valence-electron chi connectivity index (χ0n) is 7.03. The van der Waals surface area contributed by atoms with Crippen molar-refractivity contribution in [1.29, 1.82) is 0 Å². The molecule has 3 atom stereocenters. The largest absolute Gasteiger partial charge is 0.510 e. The molecule has 0 aromatic carbocycles. The Balaban J connectivity index is 0. The van der Waals surface area contributed by atoms with E-state index >= 15 is 0 Å². The molecule has 0 fully saturated rings. The van der Waals surface area contributed by atoms with Crippen molar-refractivity contribution < 1.29 is 28.4 Å². The van der Waals surface area contributed by atoms with Crippen molar-refractivity contribution in [3.8, 4) is 0 Å². The molecule has 9 heteroatoms. The summed E-state index contributed by atoms with van der Waals surface area (Å²) in [4.78, 5) is 24.0. The maximum absolute atomic E-state index is 9.81. The predicted octanol–water partition coefficient (Wildman–Crippen LogP) is 1.20. The van der Waals surface area contributed by atoms with Crippen LogP contribution in [0, 0.1) is 0 Å². The molecule has 0 radical (unpaired) electrons. The highest BCUT2D eigenvalue weighted by molar-refractivity contribution is 7.42. The highest BCUT2D eigenvalue weighted by Gasteiger charge is 2.20. The van der Waals surface area contributed by atoms with Gasteiger partial charge in [-0.05, 0) is 20.6 Å². The number of rotatable bonds is 4. The van der Waals surface area contributed by atoms with Gasteiger partial charge in [-0.25, -0.2) is 0 Å². The van der Waals surface area contributed by atoms with E-state index in [-0.39, 0.29) is 12.3 Å². The van der Waals surface area contributed by atoms with Crippen molar-refractivity contribution >= 4 is 24.1 Å². The molecule has 3 N–H and O–H groups in total. The molecule has 0 aliphatic heterocycles. The van der Waals surface area contributed by atoms with Gasteiger partial charge in [-0.1, -0.05) is 0 Å². The van der Waals surface area contributed by atoms with Crippen LogP contribution >= 0.6 is 24.1 Å². The van der Waals surface area contributed by atoms with Gasteiger partial charge in [-0.2, -0.15) is 14.7 Å². The summed E-state index contributed by atoms with van der Waals surface area (Å²) < 4.78 is 29.1. The molecule has 0 rings (SSSR count). The van der Waals surface area contributed by atoms with Gasteiger partial charge in [0.15, 0.2) is 6.16 Å². The van der Waals surface area contributed by atoms with E-state index in [4.69, 9.17) is 14.7 Å². The highest BCUT2D eigenvalue weighted by Crippen LogP contribution is 2.20. The first-order chi connectivity index (χ1) is 5.90. The Labute approximate surface area is 78.6 Å². The van der Waals surface area contributed by atoms with Crippen LogP contribution in [0.15, 0.2) is 0 Å². The van der Waals surface area contributed by atoms with Gasteiger partial charge in [-0.15, -0.1) is 0 Å². The Morgan fingerprint density at radius 2 is 1.08 bits per heavy atom. The Hall–Kier alpha value is 0.180. The van der Waals surface area contributed by atoms with Crippen LogP contribution in [0.1, 0.15) is 6.92 Å². The van der Waals surface area contributed by atoms with E-state index in [1.165, 1.54) is 0 Å². The third kappa shape index (κ3) is 24.5. The molecule has 0 saturated heterocycles. The van der Waals surface area contributed by atoms with Crippen molar-refractivity contribution in [2.24, 2.45) is 0 Å². The lowest BCUT2D eigenvalue weighted by Gasteiger charge is -1.64. The van der Waals surface area contributed by atoms with E-state index in [1.807, 2.05) is 0 Å². The van der Waals surface area contributed by atoms with Crippen LogP contribution in [0.3, 0.4) is 0 Å². The van der Waals surface area contributed by atoms with Gasteiger partial charge in [0.1, 0.15) is 0 Å². The van der Waals surface area contributed by atoms with Crippen molar-refractivity contribution in [2.45, 2.75) is 6.92 Å². The quantitative estimate of drug-likeness (QED) is 0.645. The van der Waals surface area contributed by atoms with Crippen LogP contribution in [0.5, 0.6) is 0 Å². The first-order valence-corrected chi connectivity index (χ1v) is 7.50. The molecule has 13 heavy (non-hydrogen) atoms. The van der Waals surface area contributed by atoms with Gasteiger partial charge in [0, 0.05) is 0 Å². The zero-order valence-corrected chi connectivity index (χ0v) is 9.71. The minimum absolute atomic E-state index is 0.0823. The number of hydrogen-bond acceptors (Lipinski definition) is 3. The fourth-order valence-electron chi connectivity index (χ4n) is 0.171. The van der Waals surface area contributed by atoms with E-state index in [2.05, 4.69) is 0 Å². The van der Waals surface area contributed by atoms with Crippen molar-refractivity contribution in [3.63, 3.8) is 0 Å². The normalized spacial score (nSPS) is 12.5. The van der Waals surface area contributed by atoms with Gasteiger partial charge in [0.05, 0.1) is 0 Å². The van der Waals surface area contributed by atoms with E-state index in [9.17, 15) is 13.7 Å². The summed E-state index contributed by atoms with van der Waals surface area (Å²) in [6, 6.07) is 0. The Kier molecular flexibility index (Phi) is 12.3. The SMILES string of the molecule is CC[P+](=O)O.O=[P+](O)CC[P+](=O)O. The molecule has 0 aromatic rings. The fourth-order valence-corrected chi connectivity index (χ4v) is 1.54. The van der Waals surface area contributed by atoms with Crippen LogP contribution in [-0.4, -0.2) is 33.2 Å². The minimum Gasteiger partial charge on any atom is -0.161 e. The van der Waals surface area contributed by atoms with Crippen LogP contribution in [0.2, 0.25) is 0 Å². The molecule has 0 saturated carbocycles. The van der Waals surface area contributed by atoms with Crippen molar-refractivity contribution in [3.05, 3.63) is 0 Å². The summed E-state index contributed by atoms with van der Waals surface area (Å²) in [6.07, 6.45) is 0.206. The topological polar surface area (TPSA) is 112 Å². The maximum atomic E-state index is 9.81. The summed E-state index contributed by atoms with van der Waals surface area (Å²) >= 11 is 0. The second-order valence-electron chi connectivity index (χ2n) is 1.82. The zero-order chi connectivity index (χ0) is 10.9. The summed E-state index contributed by atoms with van der Waals surface area (Å²) in [7, 11) is -6.30. The molecule has 76 valence electrons. The van der Waals surface area contributed by atoms with Gasteiger partial charge < -0.3 is 0 Å². The molecule has 0 bridgehead atoms. The molecule has 0 heterocycles. The molecule has 0 aromatic heterocycles. The Bertz CT molecular complexity index is 178. The molecule has 0 aliphatic carbocycles. The highest BCUT2D eigenvalue weighted by atomic mass is 31.1. The maximum Gasteiger partial charge on any atom is 0.510 e. The summed E-state index contributed by atoms with van der Waals surface area (Å²) in [5.74, 6) is 0. The standard InChI is InChI=1S/C2H4O4P2.C2H5O2P/c3-7(4)1-2-8(5)6;1-2-5(3)4/h1-2H2;2H2,1H3/p+3. The first kappa shape index (κ1) is 15.6. The summed E-state index contributed by atoms with van der Waals surface area (Å²) in [6.45, 7) is 1.67. The second kappa shape index (κ2) is 10.3. The molecular formula is C4H12O6P3+3. The average Bonchev–Trinajstić information content (AvgIpc) is 2.02. The lowest BCUT2D eigenvalue weighted by molar-refractivity contribution is 0.494. The fraction of sp³-hybridized carbons (Fsp3) is 1.00. The Morgan fingerprint density at radius 1 is 0.846 bits per heavy atom. The average molecular weight is 249 g/mol. The molecule has 3 unspecified atom stereocenters. The van der Waals surface area contributed by atoms with E-state index in [0.717, 1.165) is 0 Å². The first-order valence-electron chi connectivity index (χ1n) is 3.30. The molecule has 0 aliphatic rings. The second-order valence-corrected chi connectivity index (χ2v) is 5.46. The smallest absolute Gasteiger partial charge is 0.161 e. The van der Waals surface area contributed by atoms with E-state index < -0.39 is 24.1 Å². The molecule has 6 nitrogen and oxygen atoms in total. The summed E-state index contributed by atoms with van der Waals surface area (Å²) in [5.41, 5.74) is 0.